The zero-order chi connectivity index (χ0) is 15.0. The highest BCUT2D eigenvalue weighted by atomic mass is 32.1. The fourth-order valence-electron chi connectivity index (χ4n) is 1.26. The topological polar surface area (TPSA) is 83.0 Å². The van der Waals surface area contributed by atoms with Crippen LogP contribution in [0.5, 0.6) is 5.75 Å². The van der Waals surface area contributed by atoms with Gasteiger partial charge in [0.15, 0.2) is 11.7 Å². The predicted octanol–water partition coefficient (Wildman–Crippen LogP) is 1.36. The van der Waals surface area contributed by atoms with Gasteiger partial charge < -0.3 is 15.2 Å². The molecule has 0 spiro atoms. The molecule has 0 fully saturated rings. The lowest BCUT2D eigenvalue weighted by atomic mass is 10.2. The molecule has 0 aliphatic heterocycles. The lowest BCUT2D eigenvalue weighted by Gasteiger charge is -2.09. The Morgan fingerprint density at radius 1 is 1.45 bits per heavy atom. The van der Waals surface area contributed by atoms with Crippen LogP contribution in [0.25, 0.3) is 0 Å². The first-order chi connectivity index (χ1) is 9.47. The van der Waals surface area contributed by atoms with E-state index in [9.17, 15) is 4.79 Å². The van der Waals surface area contributed by atoms with E-state index in [0.29, 0.717) is 10.9 Å². The molecule has 0 bridgehead atoms. The Morgan fingerprint density at radius 3 is 2.65 bits per heavy atom. The van der Waals surface area contributed by atoms with Crippen LogP contribution in [0.1, 0.15) is 19.4 Å². The van der Waals surface area contributed by atoms with E-state index in [1.54, 1.807) is 30.5 Å². The average molecular weight is 295 g/mol. The van der Waals surface area contributed by atoms with Gasteiger partial charge in [0.1, 0.15) is 5.75 Å². The number of hydrogen-bond donors (Lipinski definition) is 3. The molecule has 1 aromatic carbocycles. The maximum Gasteiger partial charge on any atom is 0.341 e. The summed E-state index contributed by atoms with van der Waals surface area (Å²) in [5.74, 6) is -0.513. The molecule has 0 radical (unpaired) electrons. The monoisotopic (exact) mass is 295 g/mol. The zero-order valence-electron chi connectivity index (χ0n) is 11.3. The summed E-state index contributed by atoms with van der Waals surface area (Å²) in [6.07, 6.45) is 1.61. The average Bonchev–Trinajstić information content (AvgIpc) is 2.37. The van der Waals surface area contributed by atoms with Crippen molar-refractivity contribution in [3.8, 4) is 5.75 Å². The summed E-state index contributed by atoms with van der Waals surface area (Å²) < 4.78 is 5.02. The number of hydrogen-bond acceptors (Lipinski definition) is 4. The number of ether oxygens (including phenoxy) is 1. The third-order valence-electron chi connectivity index (χ3n) is 2.04. The first-order valence-corrected chi connectivity index (χ1v) is 6.42. The van der Waals surface area contributed by atoms with Crippen molar-refractivity contribution < 1.29 is 14.6 Å². The molecule has 0 saturated carbocycles. The summed E-state index contributed by atoms with van der Waals surface area (Å²) in [5, 5.41) is 15.9. The van der Waals surface area contributed by atoms with Crippen LogP contribution in [0.2, 0.25) is 0 Å². The molecule has 1 rings (SSSR count). The summed E-state index contributed by atoms with van der Waals surface area (Å²) in [7, 11) is 0. The van der Waals surface area contributed by atoms with Crippen LogP contribution in [0.15, 0.2) is 29.4 Å². The number of nitrogens with one attached hydrogen (secondary N) is 2. The second-order valence-corrected chi connectivity index (χ2v) is 4.66. The third-order valence-corrected chi connectivity index (χ3v) is 2.25. The van der Waals surface area contributed by atoms with Gasteiger partial charge in [0.2, 0.25) is 0 Å². The molecule has 0 heterocycles. The van der Waals surface area contributed by atoms with Crippen molar-refractivity contribution in [1.82, 2.24) is 10.7 Å². The van der Waals surface area contributed by atoms with E-state index in [4.69, 9.17) is 22.1 Å². The van der Waals surface area contributed by atoms with Crippen LogP contribution < -0.4 is 15.5 Å². The Bertz CT molecular complexity index is 486. The Kier molecular flexibility index (Phi) is 6.45. The SMILES string of the molecule is CC(C)NC(=S)N/N=C\c1ccc(OCC(=O)O)cc1. The molecule has 3 N–H and O–H groups in total. The maximum atomic E-state index is 10.3. The van der Waals surface area contributed by atoms with E-state index in [1.165, 1.54) is 0 Å². The zero-order valence-corrected chi connectivity index (χ0v) is 12.1. The number of carbonyl (C=O) groups is 1. The number of nitrogens with zero attached hydrogens (tertiary/aromatic N) is 1. The van der Waals surface area contributed by atoms with Gasteiger partial charge in [-0.1, -0.05) is 0 Å². The predicted molar refractivity (Wildman–Crippen MR) is 81.2 cm³/mol. The standard InChI is InChI=1S/C13H17N3O3S/c1-9(2)15-13(20)16-14-7-10-3-5-11(6-4-10)19-8-12(17)18/h3-7,9H,8H2,1-2H3,(H,17,18)(H2,15,16,20)/b14-7-. The Morgan fingerprint density at radius 2 is 2.10 bits per heavy atom. The molecular formula is C13H17N3O3S. The van der Waals surface area contributed by atoms with Gasteiger partial charge >= 0.3 is 5.97 Å². The van der Waals surface area contributed by atoms with Gasteiger partial charge in [0, 0.05) is 6.04 Å². The summed E-state index contributed by atoms with van der Waals surface area (Å²) in [5.41, 5.74) is 3.54. The van der Waals surface area contributed by atoms with Crippen molar-refractivity contribution >= 4 is 29.5 Å². The van der Waals surface area contributed by atoms with E-state index in [2.05, 4.69) is 15.8 Å². The summed E-state index contributed by atoms with van der Waals surface area (Å²) in [6, 6.07) is 7.13. The lowest BCUT2D eigenvalue weighted by molar-refractivity contribution is -0.139. The smallest absolute Gasteiger partial charge is 0.341 e. The molecule has 0 amide bonds. The second-order valence-electron chi connectivity index (χ2n) is 4.25. The molecule has 0 saturated heterocycles. The summed E-state index contributed by atoms with van der Waals surface area (Å²) >= 11 is 5.01. The van der Waals surface area contributed by atoms with Crippen LogP contribution in [-0.2, 0) is 4.79 Å². The fraction of sp³-hybridized carbons (Fsp3) is 0.308. The second kappa shape index (κ2) is 8.11. The van der Waals surface area contributed by atoms with Crippen LogP contribution >= 0.6 is 12.2 Å². The molecule has 0 aromatic heterocycles. The molecule has 0 unspecified atom stereocenters. The van der Waals surface area contributed by atoms with Gasteiger partial charge in [-0.15, -0.1) is 0 Å². The molecule has 0 atom stereocenters. The number of thiocarbonyl (C=S) groups is 1. The molecule has 1 aromatic rings. The molecular weight excluding hydrogens is 278 g/mol. The molecule has 20 heavy (non-hydrogen) atoms. The minimum Gasteiger partial charge on any atom is -0.482 e. The van der Waals surface area contributed by atoms with Gasteiger partial charge in [0.25, 0.3) is 0 Å². The van der Waals surface area contributed by atoms with Crippen molar-refractivity contribution in [1.29, 1.82) is 0 Å². The van der Waals surface area contributed by atoms with Gasteiger partial charge in [-0.25, -0.2) is 4.79 Å². The number of aliphatic carboxylic acids is 1. The quantitative estimate of drug-likeness (QED) is 0.417. The third kappa shape index (κ3) is 6.69. The minimum absolute atomic E-state index is 0.246. The van der Waals surface area contributed by atoms with Crippen LogP contribution in [-0.4, -0.2) is 35.1 Å². The number of hydrazone groups is 1. The van der Waals surface area contributed by atoms with Gasteiger partial charge in [-0.2, -0.15) is 5.10 Å². The van der Waals surface area contributed by atoms with Gasteiger partial charge in [0.05, 0.1) is 6.21 Å². The largest absolute Gasteiger partial charge is 0.482 e. The van der Waals surface area contributed by atoms with E-state index in [0.717, 1.165) is 5.56 Å². The molecule has 6 nitrogen and oxygen atoms in total. The highest BCUT2D eigenvalue weighted by Crippen LogP contribution is 2.10. The fourth-order valence-corrected chi connectivity index (χ4v) is 1.54. The van der Waals surface area contributed by atoms with Crippen molar-refractivity contribution in [2.75, 3.05) is 6.61 Å². The van der Waals surface area contributed by atoms with E-state index in [-0.39, 0.29) is 12.6 Å². The number of carboxylic acids is 1. The first-order valence-electron chi connectivity index (χ1n) is 6.01. The van der Waals surface area contributed by atoms with Crippen molar-refractivity contribution in [3.05, 3.63) is 29.8 Å². The summed E-state index contributed by atoms with van der Waals surface area (Å²) in [6.45, 7) is 3.60. The normalized spacial score (nSPS) is 10.6. The van der Waals surface area contributed by atoms with E-state index in [1.807, 2.05) is 13.8 Å². The first kappa shape index (κ1) is 15.9. The van der Waals surface area contributed by atoms with Crippen LogP contribution in [0.3, 0.4) is 0 Å². The van der Waals surface area contributed by atoms with E-state index < -0.39 is 5.97 Å². The highest BCUT2D eigenvalue weighted by molar-refractivity contribution is 7.80. The number of rotatable bonds is 6. The minimum atomic E-state index is -1.01. The molecule has 0 aliphatic carbocycles. The lowest BCUT2D eigenvalue weighted by Crippen LogP contribution is -2.36. The Balaban J connectivity index is 2.44. The van der Waals surface area contributed by atoms with Crippen molar-refractivity contribution in [2.45, 2.75) is 19.9 Å². The maximum absolute atomic E-state index is 10.3. The Hall–Kier alpha value is -2.15. The number of carboxylic acid groups (broad SMARTS) is 1. The molecule has 7 heteroatoms. The highest BCUT2D eigenvalue weighted by Gasteiger charge is 1.99. The van der Waals surface area contributed by atoms with Gasteiger partial charge in [-0.3, -0.25) is 5.43 Å². The number of benzene rings is 1. The summed E-state index contributed by atoms with van der Waals surface area (Å²) in [4.78, 5) is 10.3. The van der Waals surface area contributed by atoms with Crippen molar-refractivity contribution in [3.63, 3.8) is 0 Å². The van der Waals surface area contributed by atoms with Crippen LogP contribution in [0, 0.1) is 0 Å². The van der Waals surface area contributed by atoms with E-state index >= 15 is 0 Å². The van der Waals surface area contributed by atoms with Crippen molar-refractivity contribution in [2.24, 2.45) is 5.10 Å². The van der Waals surface area contributed by atoms with Gasteiger partial charge in [-0.05, 0) is 55.9 Å². The van der Waals surface area contributed by atoms with Crippen LogP contribution in [0.4, 0.5) is 0 Å². The molecule has 0 aliphatic rings. The Labute approximate surface area is 122 Å². The molecule has 108 valence electrons.